The van der Waals surface area contributed by atoms with Crippen molar-refractivity contribution in [3.8, 4) is 0 Å². The molecular formula is C22H16F2N2O3S2. The van der Waals surface area contributed by atoms with Gasteiger partial charge in [0.25, 0.3) is 0 Å². The number of rotatable bonds is 6. The fourth-order valence-corrected chi connectivity index (χ4v) is 5.28. The first-order valence-corrected chi connectivity index (χ1v) is 11.7. The number of nitrogens with zero attached hydrogens (tertiary/aromatic N) is 2. The third kappa shape index (κ3) is 4.62. The number of thiazole rings is 1. The van der Waals surface area contributed by atoms with E-state index in [-0.39, 0.29) is 26.8 Å². The Labute approximate surface area is 181 Å². The normalized spacial score (nSPS) is 11.5. The molecule has 1 amide bonds. The number of fused-ring (bicyclic) bond motifs is 1. The molecule has 0 N–H and O–H groups in total. The van der Waals surface area contributed by atoms with Crippen molar-refractivity contribution in [1.29, 1.82) is 0 Å². The highest BCUT2D eigenvalue weighted by Crippen LogP contribution is 2.32. The van der Waals surface area contributed by atoms with Gasteiger partial charge in [0.1, 0.15) is 17.1 Å². The maximum Gasteiger partial charge on any atom is 0.244 e. The van der Waals surface area contributed by atoms with Gasteiger partial charge in [-0.3, -0.25) is 9.69 Å². The Morgan fingerprint density at radius 2 is 1.61 bits per heavy atom. The topological polar surface area (TPSA) is 67.3 Å². The van der Waals surface area contributed by atoms with Gasteiger partial charge in [-0.1, -0.05) is 59.9 Å². The van der Waals surface area contributed by atoms with Gasteiger partial charge in [0, 0.05) is 6.07 Å². The molecule has 4 aromatic rings. The number of carbonyl (C=O) groups excluding carboxylic acids is 1. The van der Waals surface area contributed by atoms with Crippen molar-refractivity contribution in [2.45, 2.75) is 11.4 Å². The Morgan fingerprint density at radius 1 is 0.968 bits per heavy atom. The zero-order valence-corrected chi connectivity index (χ0v) is 17.7. The monoisotopic (exact) mass is 458 g/mol. The second-order valence-corrected chi connectivity index (χ2v) is 9.77. The second kappa shape index (κ2) is 8.52. The summed E-state index contributed by atoms with van der Waals surface area (Å²) in [6, 6.07) is 18.4. The first kappa shape index (κ1) is 21.1. The van der Waals surface area contributed by atoms with Crippen molar-refractivity contribution in [3.63, 3.8) is 0 Å². The van der Waals surface area contributed by atoms with Crippen LogP contribution in [-0.4, -0.2) is 25.1 Å². The number of amides is 1. The van der Waals surface area contributed by atoms with Gasteiger partial charge in [-0.05, 0) is 23.8 Å². The Kier molecular flexibility index (Phi) is 5.79. The number of aromatic nitrogens is 1. The van der Waals surface area contributed by atoms with Crippen LogP contribution in [0, 0.1) is 11.6 Å². The standard InChI is InChI=1S/C22H16F2N2O3S2/c23-16-11-18(24)21-19(12-16)30-22(25-21)26(13-15-7-3-1-4-8-15)20(27)14-31(28,29)17-9-5-2-6-10-17/h1-12H,13-14H2. The van der Waals surface area contributed by atoms with E-state index in [4.69, 9.17) is 0 Å². The van der Waals surface area contributed by atoms with Crippen LogP contribution in [0.25, 0.3) is 10.2 Å². The van der Waals surface area contributed by atoms with Crippen molar-refractivity contribution in [3.05, 3.63) is 90.0 Å². The van der Waals surface area contributed by atoms with Gasteiger partial charge in [0.15, 0.2) is 20.8 Å². The SMILES string of the molecule is O=C(CS(=O)(=O)c1ccccc1)N(Cc1ccccc1)c1nc2c(F)cc(F)cc2s1. The van der Waals surface area contributed by atoms with E-state index in [0.717, 1.165) is 29.0 Å². The average molecular weight is 459 g/mol. The van der Waals surface area contributed by atoms with Gasteiger partial charge >= 0.3 is 0 Å². The largest absolute Gasteiger partial charge is 0.283 e. The van der Waals surface area contributed by atoms with Crippen molar-refractivity contribution in [1.82, 2.24) is 4.98 Å². The summed E-state index contributed by atoms with van der Waals surface area (Å²) in [5.74, 6) is -3.10. The number of anilines is 1. The lowest BCUT2D eigenvalue weighted by atomic mass is 10.2. The van der Waals surface area contributed by atoms with Gasteiger partial charge in [0.2, 0.25) is 5.91 Å². The van der Waals surface area contributed by atoms with E-state index in [1.807, 2.05) is 6.07 Å². The second-order valence-electron chi connectivity index (χ2n) is 6.77. The lowest BCUT2D eigenvalue weighted by Crippen LogP contribution is -2.35. The summed E-state index contributed by atoms with van der Waals surface area (Å²) in [6.07, 6.45) is 0. The van der Waals surface area contributed by atoms with Crippen LogP contribution in [-0.2, 0) is 21.2 Å². The smallest absolute Gasteiger partial charge is 0.244 e. The molecule has 0 unspecified atom stereocenters. The van der Waals surface area contributed by atoms with E-state index in [9.17, 15) is 22.0 Å². The van der Waals surface area contributed by atoms with Gasteiger partial charge in [-0.15, -0.1) is 0 Å². The molecule has 0 fully saturated rings. The van der Waals surface area contributed by atoms with Gasteiger partial charge in [-0.2, -0.15) is 0 Å². The molecule has 4 rings (SSSR count). The van der Waals surface area contributed by atoms with Crippen LogP contribution >= 0.6 is 11.3 Å². The lowest BCUT2D eigenvalue weighted by Gasteiger charge is -2.20. The van der Waals surface area contributed by atoms with Crippen molar-refractivity contribution >= 4 is 42.4 Å². The van der Waals surface area contributed by atoms with Gasteiger partial charge in [0.05, 0.1) is 16.1 Å². The lowest BCUT2D eigenvalue weighted by molar-refractivity contribution is -0.116. The summed E-state index contributed by atoms with van der Waals surface area (Å²) in [6.45, 7) is 0.0356. The van der Waals surface area contributed by atoms with E-state index >= 15 is 0 Å². The van der Waals surface area contributed by atoms with Crippen LogP contribution in [0.5, 0.6) is 0 Å². The fraction of sp³-hybridized carbons (Fsp3) is 0.0909. The molecule has 1 heterocycles. The molecule has 1 aromatic heterocycles. The predicted molar refractivity (Wildman–Crippen MR) is 116 cm³/mol. The minimum absolute atomic E-state index is 0.0282. The van der Waals surface area contributed by atoms with Crippen LogP contribution in [0.3, 0.4) is 0 Å². The molecule has 0 saturated heterocycles. The summed E-state index contributed by atoms with van der Waals surface area (Å²) in [7, 11) is -3.90. The van der Waals surface area contributed by atoms with E-state index < -0.39 is 33.1 Å². The summed E-state index contributed by atoms with van der Waals surface area (Å²) >= 11 is 0.922. The first-order valence-electron chi connectivity index (χ1n) is 9.21. The molecule has 0 atom stereocenters. The van der Waals surface area contributed by atoms with Crippen LogP contribution in [0.4, 0.5) is 13.9 Å². The minimum atomic E-state index is -3.90. The zero-order valence-electron chi connectivity index (χ0n) is 16.0. The number of hydrogen-bond acceptors (Lipinski definition) is 5. The number of halogens is 2. The molecule has 158 valence electrons. The third-order valence-corrected chi connectivity index (χ3v) is 7.18. The summed E-state index contributed by atoms with van der Waals surface area (Å²) in [4.78, 5) is 18.5. The zero-order chi connectivity index (χ0) is 22.0. The van der Waals surface area contributed by atoms with Crippen molar-refractivity contribution < 1.29 is 22.0 Å². The molecule has 5 nitrogen and oxygen atoms in total. The van der Waals surface area contributed by atoms with Crippen molar-refractivity contribution in [2.75, 3.05) is 10.7 Å². The van der Waals surface area contributed by atoms with Crippen molar-refractivity contribution in [2.24, 2.45) is 0 Å². The van der Waals surface area contributed by atoms with Crippen LogP contribution < -0.4 is 4.90 Å². The summed E-state index contributed by atoms with van der Waals surface area (Å²) in [5.41, 5.74) is 0.664. The predicted octanol–water partition coefficient (Wildman–Crippen LogP) is 4.58. The average Bonchev–Trinajstić information content (AvgIpc) is 3.17. The van der Waals surface area contributed by atoms with Gasteiger partial charge < -0.3 is 0 Å². The Morgan fingerprint density at radius 3 is 2.29 bits per heavy atom. The maximum atomic E-state index is 14.1. The van der Waals surface area contributed by atoms with Crippen LogP contribution in [0.1, 0.15) is 5.56 Å². The Hall–Kier alpha value is -3.17. The number of carbonyl (C=O) groups is 1. The molecule has 9 heteroatoms. The molecule has 0 radical (unpaired) electrons. The van der Waals surface area contributed by atoms with Gasteiger partial charge in [-0.25, -0.2) is 22.2 Å². The third-order valence-electron chi connectivity index (χ3n) is 4.53. The van der Waals surface area contributed by atoms with E-state index in [0.29, 0.717) is 0 Å². The molecule has 0 saturated carbocycles. The fourth-order valence-electron chi connectivity index (χ4n) is 3.04. The molecule has 0 bridgehead atoms. The molecular weight excluding hydrogens is 442 g/mol. The van der Waals surface area contributed by atoms with E-state index in [1.165, 1.54) is 17.0 Å². The molecule has 0 aliphatic rings. The molecule has 3 aromatic carbocycles. The van der Waals surface area contributed by atoms with Crippen LogP contribution in [0.2, 0.25) is 0 Å². The summed E-state index contributed by atoms with van der Waals surface area (Å²) in [5, 5.41) is 0.0941. The number of hydrogen-bond donors (Lipinski definition) is 0. The Bertz CT molecular complexity index is 1340. The summed E-state index contributed by atoms with van der Waals surface area (Å²) < 4.78 is 53.4. The molecule has 31 heavy (non-hydrogen) atoms. The van der Waals surface area contributed by atoms with E-state index in [1.54, 1.807) is 42.5 Å². The number of benzene rings is 3. The first-order chi connectivity index (χ1) is 14.8. The Balaban J connectivity index is 1.72. The highest BCUT2D eigenvalue weighted by atomic mass is 32.2. The molecule has 0 aliphatic heterocycles. The highest BCUT2D eigenvalue weighted by Gasteiger charge is 2.27. The quantitative estimate of drug-likeness (QED) is 0.424. The molecule has 0 spiro atoms. The van der Waals surface area contributed by atoms with E-state index in [2.05, 4.69) is 4.98 Å². The number of sulfone groups is 1. The van der Waals surface area contributed by atoms with Crippen LogP contribution in [0.15, 0.2) is 77.7 Å². The molecule has 0 aliphatic carbocycles. The highest BCUT2D eigenvalue weighted by molar-refractivity contribution is 7.92. The maximum absolute atomic E-state index is 14.1. The minimum Gasteiger partial charge on any atom is -0.283 e.